The predicted octanol–water partition coefficient (Wildman–Crippen LogP) is 2.12. The number of halogens is 5. The van der Waals surface area contributed by atoms with E-state index in [2.05, 4.69) is 10.6 Å². The molecule has 1 aliphatic rings. The fourth-order valence-electron chi connectivity index (χ4n) is 2.57. The minimum atomic E-state index is -4.44. The van der Waals surface area contributed by atoms with Crippen LogP contribution in [0.5, 0.6) is 0 Å². The monoisotopic (exact) mass is 369 g/mol. The summed E-state index contributed by atoms with van der Waals surface area (Å²) in [6.07, 6.45) is -4.44. The van der Waals surface area contributed by atoms with Crippen LogP contribution in [0.2, 0.25) is 0 Å². The first-order valence-electron chi connectivity index (χ1n) is 7.35. The van der Waals surface area contributed by atoms with Crippen LogP contribution < -0.4 is 10.6 Å². The summed E-state index contributed by atoms with van der Waals surface area (Å²) in [5, 5.41) is 5.27. The van der Waals surface area contributed by atoms with Crippen LogP contribution in [-0.4, -0.2) is 55.7 Å². The smallest absolute Gasteiger partial charge is 0.350 e. The first kappa shape index (κ1) is 20.7. The highest BCUT2D eigenvalue weighted by Gasteiger charge is 2.43. The molecule has 1 aromatic rings. The quantitative estimate of drug-likeness (QED) is 0.799. The van der Waals surface area contributed by atoms with Crippen LogP contribution in [0.4, 0.5) is 17.6 Å². The van der Waals surface area contributed by atoms with Gasteiger partial charge in [-0.25, -0.2) is 4.39 Å². The third-order valence-electron chi connectivity index (χ3n) is 3.87. The van der Waals surface area contributed by atoms with Gasteiger partial charge < -0.3 is 10.6 Å². The Bertz CT molecular complexity index is 562. The van der Waals surface area contributed by atoms with Gasteiger partial charge in [-0.15, -0.1) is 12.4 Å². The van der Waals surface area contributed by atoms with Crippen LogP contribution in [0.15, 0.2) is 18.2 Å². The molecule has 1 fully saturated rings. The third kappa shape index (κ3) is 5.32. The molecule has 1 atom stereocenters. The van der Waals surface area contributed by atoms with Crippen LogP contribution >= 0.6 is 12.4 Å². The Kier molecular flexibility index (Phi) is 7.44. The maximum absolute atomic E-state index is 13.2. The second-order valence-corrected chi connectivity index (χ2v) is 5.51. The number of carbonyl (C=O) groups excluding carboxylic acids is 1. The summed E-state index contributed by atoms with van der Waals surface area (Å²) in [6, 6.07) is 1.90. The SMILES string of the molecule is Cc1ccc(F)cc1C(=O)NCC(N1CCNCC1)C(F)(F)F.Cl. The van der Waals surface area contributed by atoms with Crippen LogP contribution in [-0.2, 0) is 0 Å². The van der Waals surface area contributed by atoms with Crippen LogP contribution in [0.3, 0.4) is 0 Å². The lowest BCUT2D eigenvalue weighted by Crippen LogP contribution is -2.57. The lowest BCUT2D eigenvalue weighted by atomic mass is 10.1. The van der Waals surface area contributed by atoms with E-state index in [1.54, 1.807) is 6.92 Å². The molecule has 1 aromatic carbocycles. The summed E-state index contributed by atoms with van der Waals surface area (Å²) in [7, 11) is 0. The molecule has 9 heteroatoms. The Morgan fingerprint density at radius 3 is 2.54 bits per heavy atom. The van der Waals surface area contributed by atoms with Crippen molar-refractivity contribution in [2.24, 2.45) is 0 Å². The van der Waals surface area contributed by atoms with Gasteiger partial charge in [-0.2, -0.15) is 13.2 Å². The molecule has 0 radical (unpaired) electrons. The van der Waals surface area contributed by atoms with Crippen LogP contribution in [0.25, 0.3) is 0 Å². The van der Waals surface area contributed by atoms with E-state index in [-0.39, 0.29) is 31.1 Å². The molecule has 0 bridgehead atoms. The van der Waals surface area contributed by atoms with Gasteiger partial charge in [-0.1, -0.05) is 6.07 Å². The zero-order chi connectivity index (χ0) is 17.0. The number of hydrogen-bond acceptors (Lipinski definition) is 3. The van der Waals surface area contributed by atoms with E-state index in [1.807, 2.05) is 0 Å². The number of benzene rings is 1. The lowest BCUT2D eigenvalue weighted by Gasteiger charge is -2.35. The first-order valence-corrected chi connectivity index (χ1v) is 7.35. The summed E-state index contributed by atoms with van der Waals surface area (Å²) in [5.41, 5.74) is 0.556. The minimum Gasteiger partial charge on any atom is -0.350 e. The third-order valence-corrected chi connectivity index (χ3v) is 3.87. The predicted molar refractivity (Wildman–Crippen MR) is 85.0 cm³/mol. The number of aryl methyl sites for hydroxylation is 1. The molecule has 0 aliphatic carbocycles. The average Bonchev–Trinajstić information content (AvgIpc) is 2.49. The van der Waals surface area contributed by atoms with Crippen molar-refractivity contribution < 1.29 is 22.4 Å². The lowest BCUT2D eigenvalue weighted by molar-refractivity contribution is -0.183. The standard InChI is InChI=1S/C15H19F4N3O.ClH/c1-10-2-3-11(16)8-12(10)14(23)21-9-13(15(17,18)19)22-6-4-20-5-7-22;/h2-3,8,13,20H,4-7,9H2,1H3,(H,21,23);1H. The molecule has 1 saturated heterocycles. The topological polar surface area (TPSA) is 44.4 Å². The molecule has 2 rings (SSSR count). The van der Waals surface area contributed by atoms with E-state index in [0.717, 1.165) is 6.07 Å². The number of rotatable bonds is 4. The molecule has 1 amide bonds. The van der Waals surface area contributed by atoms with Gasteiger partial charge in [0, 0.05) is 38.3 Å². The van der Waals surface area contributed by atoms with Crippen molar-refractivity contribution in [3.8, 4) is 0 Å². The summed E-state index contributed by atoms with van der Waals surface area (Å²) in [4.78, 5) is 13.4. The molecule has 2 N–H and O–H groups in total. The number of amides is 1. The van der Waals surface area contributed by atoms with Gasteiger partial charge in [-0.05, 0) is 24.6 Å². The molecule has 136 valence electrons. The second kappa shape index (κ2) is 8.64. The van der Waals surface area contributed by atoms with Crippen molar-refractivity contribution in [3.05, 3.63) is 35.1 Å². The van der Waals surface area contributed by atoms with Crippen LogP contribution in [0.1, 0.15) is 15.9 Å². The molecule has 1 aliphatic heterocycles. The summed E-state index contributed by atoms with van der Waals surface area (Å²) >= 11 is 0. The highest BCUT2D eigenvalue weighted by atomic mass is 35.5. The van der Waals surface area contributed by atoms with Crippen molar-refractivity contribution in [3.63, 3.8) is 0 Å². The largest absolute Gasteiger partial charge is 0.405 e. The molecule has 0 aromatic heterocycles. The van der Waals surface area contributed by atoms with E-state index < -0.39 is 30.5 Å². The number of nitrogens with zero attached hydrogens (tertiary/aromatic N) is 1. The van der Waals surface area contributed by atoms with Crippen molar-refractivity contribution in [1.82, 2.24) is 15.5 Å². The van der Waals surface area contributed by atoms with Gasteiger partial charge in [0.15, 0.2) is 0 Å². The highest BCUT2D eigenvalue weighted by Crippen LogP contribution is 2.25. The molecular formula is C15H20ClF4N3O. The van der Waals surface area contributed by atoms with Gasteiger partial charge in [0.25, 0.3) is 5.91 Å². The first-order chi connectivity index (χ1) is 10.8. The number of carbonyl (C=O) groups is 1. The molecule has 0 spiro atoms. The van der Waals surface area contributed by atoms with E-state index in [1.165, 1.54) is 17.0 Å². The van der Waals surface area contributed by atoms with Gasteiger partial charge in [0.2, 0.25) is 0 Å². The fourth-order valence-corrected chi connectivity index (χ4v) is 2.57. The Morgan fingerprint density at radius 1 is 1.33 bits per heavy atom. The van der Waals surface area contributed by atoms with E-state index >= 15 is 0 Å². The summed E-state index contributed by atoms with van der Waals surface area (Å²) in [6.45, 7) is 2.52. The summed E-state index contributed by atoms with van der Waals surface area (Å²) in [5.74, 6) is -1.30. The normalized spacial score (nSPS) is 17.0. The van der Waals surface area contributed by atoms with Crippen molar-refractivity contribution in [2.75, 3.05) is 32.7 Å². The minimum absolute atomic E-state index is 0. The maximum Gasteiger partial charge on any atom is 0.405 e. The molecule has 4 nitrogen and oxygen atoms in total. The molecule has 1 heterocycles. The number of nitrogens with one attached hydrogen (secondary N) is 2. The second-order valence-electron chi connectivity index (χ2n) is 5.51. The van der Waals surface area contributed by atoms with Crippen LogP contribution in [0, 0.1) is 12.7 Å². The number of piperazine rings is 1. The van der Waals surface area contributed by atoms with E-state index in [9.17, 15) is 22.4 Å². The van der Waals surface area contributed by atoms with Gasteiger partial charge in [-0.3, -0.25) is 9.69 Å². The van der Waals surface area contributed by atoms with Crippen molar-refractivity contribution in [2.45, 2.75) is 19.1 Å². The van der Waals surface area contributed by atoms with Crippen molar-refractivity contribution in [1.29, 1.82) is 0 Å². The Labute approximate surface area is 144 Å². The number of hydrogen-bond donors (Lipinski definition) is 2. The molecule has 24 heavy (non-hydrogen) atoms. The highest BCUT2D eigenvalue weighted by molar-refractivity contribution is 5.95. The van der Waals surface area contributed by atoms with Gasteiger partial charge in [0.1, 0.15) is 11.9 Å². The molecular weight excluding hydrogens is 350 g/mol. The molecule has 1 unspecified atom stereocenters. The Hall–Kier alpha value is -1.38. The average molecular weight is 370 g/mol. The van der Waals surface area contributed by atoms with Gasteiger partial charge in [0.05, 0.1) is 0 Å². The molecule has 0 saturated carbocycles. The number of alkyl halides is 3. The van der Waals surface area contributed by atoms with E-state index in [0.29, 0.717) is 18.7 Å². The zero-order valence-corrected chi connectivity index (χ0v) is 13.9. The van der Waals surface area contributed by atoms with E-state index in [4.69, 9.17) is 0 Å². The Morgan fingerprint density at radius 2 is 1.96 bits per heavy atom. The summed E-state index contributed by atoms with van der Waals surface area (Å²) < 4.78 is 52.9. The Balaban J connectivity index is 0.00000288. The zero-order valence-electron chi connectivity index (χ0n) is 13.1. The maximum atomic E-state index is 13.2. The van der Waals surface area contributed by atoms with Gasteiger partial charge >= 0.3 is 6.18 Å². The fraction of sp³-hybridized carbons (Fsp3) is 0.533. The van der Waals surface area contributed by atoms with Crippen molar-refractivity contribution >= 4 is 18.3 Å².